The van der Waals surface area contributed by atoms with Crippen LogP contribution in [0.3, 0.4) is 0 Å². The van der Waals surface area contributed by atoms with Crippen molar-refractivity contribution in [3.05, 3.63) is 0 Å². The fraction of sp³-hybridized carbons (Fsp3) is 1.00. The smallest absolute Gasteiger partial charge is 0.290 e. The molecule has 0 aromatic heterocycles. The zero-order valence-corrected chi connectivity index (χ0v) is 25.2. The summed E-state index contributed by atoms with van der Waals surface area (Å²) in [6.07, 6.45) is 32.7. The quantitative estimate of drug-likeness (QED) is 0.0729. The Morgan fingerprint density at radius 1 is 0.486 bits per heavy atom. The summed E-state index contributed by atoms with van der Waals surface area (Å²) >= 11 is 0. The summed E-state index contributed by atoms with van der Waals surface area (Å²) < 4.78 is 27.2. The highest BCUT2D eigenvalue weighted by atomic mass is 31.2. The largest absolute Gasteiger partial charge is 0.474 e. The number of unbranched alkanes of at least 4 members (excludes halogenated alkanes) is 18. The van der Waals surface area contributed by atoms with Gasteiger partial charge in [0.1, 0.15) is 0 Å². The van der Waals surface area contributed by atoms with Gasteiger partial charge >= 0.3 is 7.82 Å². The maximum atomic E-state index is 12.1. The van der Waals surface area contributed by atoms with Gasteiger partial charge in [-0.1, -0.05) is 155 Å². The van der Waals surface area contributed by atoms with Gasteiger partial charge in [-0.25, -0.2) is 4.57 Å². The van der Waals surface area contributed by atoms with Crippen molar-refractivity contribution in [2.24, 2.45) is 5.92 Å². The van der Waals surface area contributed by atoms with Gasteiger partial charge in [0.2, 0.25) is 0 Å². The topological polar surface area (TPSA) is 44.8 Å². The molecule has 5 heteroatoms. The van der Waals surface area contributed by atoms with Crippen molar-refractivity contribution in [2.45, 2.75) is 168 Å². The highest BCUT2D eigenvalue weighted by Crippen LogP contribution is 2.47. The summed E-state index contributed by atoms with van der Waals surface area (Å²) in [6, 6.07) is 0. The van der Waals surface area contributed by atoms with Crippen LogP contribution in [-0.4, -0.2) is 20.8 Å². The second kappa shape index (κ2) is 27.2. The standard InChI is InChI=1S/C30H63O4P/c1-5-7-9-11-13-15-17-19-21-23-26-30(28-25-29-34-35(31,32-3)33-4)27-24-22-20-18-16-14-12-10-8-6-2/h30H,5-29H2,1-4H3. The van der Waals surface area contributed by atoms with Gasteiger partial charge in [-0.15, -0.1) is 0 Å². The third kappa shape index (κ3) is 24.2. The van der Waals surface area contributed by atoms with Gasteiger partial charge in [0.05, 0.1) is 6.61 Å². The van der Waals surface area contributed by atoms with Crippen molar-refractivity contribution in [3.63, 3.8) is 0 Å². The molecule has 35 heavy (non-hydrogen) atoms. The Morgan fingerprint density at radius 2 is 0.800 bits per heavy atom. The maximum absolute atomic E-state index is 12.1. The Morgan fingerprint density at radius 3 is 1.14 bits per heavy atom. The van der Waals surface area contributed by atoms with Gasteiger partial charge in [0, 0.05) is 14.2 Å². The Hall–Kier alpha value is 0.110. The van der Waals surface area contributed by atoms with E-state index in [2.05, 4.69) is 13.8 Å². The van der Waals surface area contributed by atoms with Crippen LogP contribution in [0.5, 0.6) is 0 Å². The molecule has 0 saturated heterocycles. The van der Waals surface area contributed by atoms with E-state index in [1.807, 2.05) is 0 Å². The van der Waals surface area contributed by atoms with E-state index in [0.29, 0.717) is 6.61 Å². The summed E-state index contributed by atoms with van der Waals surface area (Å²) in [5, 5.41) is 0. The predicted octanol–water partition coefficient (Wildman–Crippen LogP) is 11.4. The lowest BCUT2D eigenvalue weighted by atomic mass is 9.90. The molecule has 0 spiro atoms. The first-order valence-corrected chi connectivity index (χ1v) is 16.9. The fourth-order valence-electron chi connectivity index (χ4n) is 5.00. The van der Waals surface area contributed by atoms with Gasteiger partial charge in [0.25, 0.3) is 0 Å². The second-order valence-corrected chi connectivity index (χ2v) is 12.5. The Bertz CT molecular complexity index is 426. The highest BCUT2D eigenvalue weighted by Gasteiger charge is 2.22. The van der Waals surface area contributed by atoms with Gasteiger partial charge in [-0.2, -0.15) is 0 Å². The average molecular weight is 519 g/mol. The van der Waals surface area contributed by atoms with Gasteiger partial charge in [0.15, 0.2) is 0 Å². The first-order valence-electron chi connectivity index (χ1n) is 15.5. The number of hydrogen-bond acceptors (Lipinski definition) is 4. The zero-order valence-electron chi connectivity index (χ0n) is 24.3. The van der Waals surface area contributed by atoms with E-state index in [0.717, 1.165) is 18.8 Å². The summed E-state index contributed by atoms with van der Waals surface area (Å²) in [6.45, 7) is 5.02. The van der Waals surface area contributed by atoms with Crippen LogP contribution in [0.25, 0.3) is 0 Å². The molecule has 0 radical (unpaired) electrons. The summed E-state index contributed by atoms with van der Waals surface area (Å²) in [4.78, 5) is 0. The molecular weight excluding hydrogens is 455 g/mol. The van der Waals surface area contributed by atoms with Crippen LogP contribution in [0.4, 0.5) is 0 Å². The van der Waals surface area contributed by atoms with Crippen molar-refractivity contribution < 1.29 is 18.1 Å². The van der Waals surface area contributed by atoms with Crippen LogP contribution < -0.4 is 0 Å². The first kappa shape index (κ1) is 35.1. The van der Waals surface area contributed by atoms with Crippen LogP contribution in [0.1, 0.15) is 168 Å². The molecule has 0 aliphatic rings. The Labute approximate surface area is 220 Å². The van der Waals surface area contributed by atoms with Gasteiger partial charge < -0.3 is 0 Å². The molecule has 0 fully saturated rings. The van der Waals surface area contributed by atoms with Crippen LogP contribution in [0.2, 0.25) is 0 Å². The summed E-state index contributed by atoms with van der Waals surface area (Å²) in [5.74, 6) is 0.770. The molecule has 0 N–H and O–H groups in total. The fourth-order valence-corrected chi connectivity index (χ4v) is 5.71. The van der Waals surface area contributed by atoms with Crippen molar-refractivity contribution in [1.29, 1.82) is 0 Å². The van der Waals surface area contributed by atoms with E-state index in [9.17, 15) is 4.57 Å². The van der Waals surface area contributed by atoms with Crippen LogP contribution >= 0.6 is 7.82 Å². The molecule has 0 saturated carbocycles. The highest BCUT2D eigenvalue weighted by molar-refractivity contribution is 7.48. The third-order valence-corrected chi connectivity index (χ3v) is 8.78. The molecule has 0 heterocycles. The molecule has 0 rings (SSSR count). The van der Waals surface area contributed by atoms with Crippen LogP contribution in [-0.2, 0) is 18.1 Å². The molecule has 0 aromatic carbocycles. The number of rotatable bonds is 29. The molecule has 0 atom stereocenters. The Kier molecular flexibility index (Phi) is 27.2. The van der Waals surface area contributed by atoms with E-state index in [1.165, 1.54) is 155 Å². The number of phosphoric ester groups is 1. The lowest BCUT2D eigenvalue weighted by Crippen LogP contribution is -2.04. The molecule has 0 aromatic rings. The first-order chi connectivity index (χ1) is 17.1. The average Bonchev–Trinajstić information content (AvgIpc) is 2.88. The summed E-state index contributed by atoms with van der Waals surface area (Å²) in [5.41, 5.74) is 0. The minimum atomic E-state index is -3.33. The SMILES string of the molecule is CCCCCCCCCCCCC(CCCCCCCCCCCC)CCCOP(=O)(OC)OC. The molecule has 0 aliphatic heterocycles. The molecule has 0 bridgehead atoms. The zero-order chi connectivity index (χ0) is 25.9. The van der Waals surface area contributed by atoms with Crippen molar-refractivity contribution in [1.82, 2.24) is 0 Å². The van der Waals surface area contributed by atoms with Crippen LogP contribution in [0.15, 0.2) is 0 Å². The lowest BCUT2D eigenvalue weighted by Gasteiger charge is -2.18. The van der Waals surface area contributed by atoms with E-state index >= 15 is 0 Å². The lowest BCUT2D eigenvalue weighted by molar-refractivity contribution is 0.147. The van der Waals surface area contributed by atoms with E-state index in [4.69, 9.17) is 13.6 Å². The molecule has 212 valence electrons. The van der Waals surface area contributed by atoms with E-state index < -0.39 is 7.82 Å². The van der Waals surface area contributed by atoms with Crippen molar-refractivity contribution in [2.75, 3.05) is 20.8 Å². The van der Waals surface area contributed by atoms with Crippen LogP contribution in [0, 0.1) is 5.92 Å². The molecular formula is C30H63O4P. The normalized spacial score (nSPS) is 12.1. The predicted molar refractivity (Wildman–Crippen MR) is 153 cm³/mol. The monoisotopic (exact) mass is 518 g/mol. The number of phosphoric acid groups is 1. The van der Waals surface area contributed by atoms with Gasteiger partial charge in [-0.05, 0) is 18.8 Å². The molecule has 0 aliphatic carbocycles. The summed E-state index contributed by atoms with van der Waals surface area (Å²) in [7, 11) is -0.577. The third-order valence-electron chi connectivity index (χ3n) is 7.39. The van der Waals surface area contributed by atoms with Crippen molar-refractivity contribution in [3.8, 4) is 0 Å². The minimum absolute atomic E-state index is 0.450. The van der Waals surface area contributed by atoms with Crippen molar-refractivity contribution >= 4 is 7.82 Å². The maximum Gasteiger partial charge on any atom is 0.474 e. The molecule has 4 nitrogen and oxygen atoms in total. The van der Waals surface area contributed by atoms with Gasteiger partial charge in [-0.3, -0.25) is 13.6 Å². The number of hydrogen-bond donors (Lipinski definition) is 0. The second-order valence-electron chi connectivity index (χ2n) is 10.6. The molecule has 0 unspecified atom stereocenters. The molecule has 0 amide bonds. The minimum Gasteiger partial charge on any atom is -0.290 e. The Balaban J connectivity index is 4.02. The van der Waals surface area contributed by atoms with E-state index in [1.54, 1.807) is 0 Å². The van der Waals surface area contributed by atoms with E-state index in [-0.39, 0.29) is 0 Å².